The summed E-state index contributed by atoms with van der Waals surface area (Å²) in [7, 11) is 0. The number of carbonyl (C=O) groups is 2. The first-order valence-corrected chi connectivity index (χ1v) is 36.2. The highest BCUT2D eigenvalue weighted by Gasteiger charge is 2.47. The van der Waals surface area contributed by atoms with Gasteiger partial charge in [0.2, 0.25) is 5.91 Å². The van der Waals surface area contributed by atoms with Crippen LogP contribution in [0.25, 0.3) is 0 Å². The molecule has 500 valence electrons. The number of hydrogen-bond donors (Lipinski definition) is 6. The van der Waals surface area contributed by atoms with Crippen LogP contribution in [0.1, 0.15) is 329 Å². The fourth-order valence-corrected chi connectivity index (χ4v) is 11.1. The molecule has 11 nitrogen and oxygen atoms in total. The Labute approximate surface area is 528 Å². The lowest BCUT2D eigenvalue weighted by atomic mass is 9.99. The molecule has 1 aliphatic heterocycles. The molecule has 1 fully saturated rings. The second kappa shape index (κ2) is 62.3. The summed E-state index contributed by atoms with van der Waals surface area (Å²) in [5.74, 6) is -1.19. The Kier molecular flexibility index (Phi) is 58.8. The maximum absolute atomic E-state index is 13.5. The van der Waals surface area contributed by atoms with E-state index in [1.807, 2.05) is 6.08 Å². The summed E-state index contributed by atoms with van der Waals surface area (Å²) in [5.41, 5.74) is 0. The highest BCUT2D eigenvalue weighted by Crippen LogP contribution is 2.26. The smallest absolute Gasteiger partial charge is 0.306 e. The summed E-state index contributed by atoms with van der Waals surface area (Å²) in [4.78, 5) is 26.7. The van der Waals surface area contributed by atoms with E-state index in [1.165, 1.54) is 199 Å². The summed E-state index contributed by atoms with van der Waals surface area (Å²) >= 11 is 0. The predicted molar refractivity (Wildman–Crippen MR) is 361 cm³/mol. The lowest BCUT2D eigenvalue weighted by molar-refractivity contribution is -0.305. The molecule has 0 aromatic rings. The molecule has 0 radical (unpaired) electrons. The van der Waals surface area contributed by atoms with E-state index in [2.05, 4.69) is 86.8 Å². The number of nitrogens with one attached hydrogen (secondary N) is 1. The number of ether oxygens (including phenoxy) is 3. The van der Waals surface area contributed by atoms with Crippen molar-refractivity contribution in [2.45, 2.75) is 378 Å². The fraction of sp³-hybridized carbons (Fsp3) is 0.813. The van der Waals surface area contributed by atoms with Gasteiger partial charge in [-0.3, -0.25) is 9.59 Å². The van der Waals surface area contributed by atoms with E-state index in [0.717, 1.165) is 83.5 Å². The van der Waals surface area contributed by atoms with E-state index in [1.54, 1.807) is 6.08 Å². The van der Waals surface area contributed by atoms with Crippen LogP contribution in [0.4, 0.5) is 0 Å². The minimum atomic E-state index is -1.62. The zero-order chi connectivity index (χ0) is 62.4. The molecule has 1 amide bonds. The average molecular weight is 1210 g/mol. The number of hydrogen-bond acceptors (Lipinski definition) is 10. The molecule has 8 unspecified atom stereocenters. The number of carbonyl (C=O) groups excluding carboxylic acids is 2. The summed E-state index contributed by atoms with van der Waals surface area (Å²) in [5, 5.41) is 57.3. The Morgan fingerprint density at radius 1 is 0.453 bits per heavy atom. The van der Waals surface area contributed by atoms with Gasteiger partial charge in [-0.15, -0.1) is 0 Å². The van der Waals surface area contributed by atoms with Crippen LogP contribution in [-0.2, 0) is 23.8 Å². The number of unbranched alkanes of at least 4 members (excludes halogenated alkanes) is 38. The Morgan fingerprint density at radius 2 is 0.802 bits per heavy atom. The third-order valence-corrected chi connectivity index (χ3v) is 16.8. The van der Waals surface area contributed by atoms with Gasteiger partial charge in [-0.2, -0.15) is 0 Å². The quantitative estimate of drug-likeness (QED) is 0.0195. The van der Waals surface area contributed by atoms with Crippen molar-refractivity contribution in [3.8, 4) is 0 Å². The minimum absolute atomic E-state index is 0.121. The third kappa shape index (κ3) is 49.0. The molecule has 8 atom stereocenters. The number of aliphatic hydroxyl groups is 5. The van der Waals surface area contributed by atoms with Crippen LogP contribution >= 0.6 is 0 Å². The van der Waals surface area contributed by atoms with Crippen LogP contribution in [0, 0.1) is 0 Å². The van der Waals surface area contributed by atoms with Crippen LogP contribution < -0.4 is 5.32 Å². The molecule has 1 saturated heterocycles. The summed E-state index contributed by atoms with van der Waals surface area (Å²) in [6.45, 7) is 5.79. The van der Waals surface area contributed by atoms with Gasteiger partial charge >= 0.3 is 5.97 Å². The van der Waals surface area contributed by atoms with Crippen molar-refractivity contribution >= 4 is 11.9 Å². The van der Waals surface area contributed by atoms with Gasteiger partial charge < -0.3 is 45.1 Å². The SMILES string of the molecule is CCCCC/C=C\C/C=C\C/C=C\C/C=C\CCCCCCCCCCCCC(O)C(=O)NC(COC1OC(CO)C(O)C(O)C1OC(=O)CCCCCCCCCCC/C=C/CCCCCCCC)C(O)/C=C/CCCCCCCCCCCC. The van der Waals surface area contributed by atoms with Crippen molar-refractivity contribution in [2.75, 3.05) is 13.2 Å². The Bertz CT molecular complexity index is 1680. The molecule has 1 heterocycles. The van der Waals surface area contributed by atoms with Crippen molar-refractivity contribution in [3.05, 3.63) is 72.9 Å². The van der Waals surface area contributed by atoms with Gasteiger partial charge in [0, 0.05) is 6.42 Å². The van der Waals surface area contributed by atoms with Crippen molar-refractivity contribution < 1.29 is 49.3 Å². The van der Waals surface area contributed by atoms with E-state index in [-0.39, 0.29) is 19.4 Å². The molecule has 0 aromatic heterocycles. The van der Waals surface area contributed by atoms with Crippen LogP contribution in [0.3, 0.4) is 0 Å². The van der Waals surface area contributed by atoms with Crippen LogP contribution in [0.15, 0.2) is 72.9 Å². The molecule has 0 spiro atoms. The molecule has 0 saturated carbocycles. The van der Waals surface area contributed by atoms with E-state index < -0.39 is 67.4 Å². The molecule has 0 aliphatic carbocycles. The zero-order valence-corrected chi connectivity index (χ0v) is 55.7. The van der Waals surface area contributed by atoms with Crippen LogP contribution in [0.2, 0.25) is 0 Å². The molecule has 86 heavy (non-hydrogen) atoms. The lowest BCUT2D eigenvalue weighted by Gasteiger charge is -2.41. The summed E-state index contributed by atoms with van der Waals surface area (Å²) in [6.07, 6.45) is 70.8. The molecule has 0 bridgehead atoms. The monoisotopic (exact) mass is 1210 g/mol. The molecule has 0 aromatic carbocycles. The molecular formula is C75H135NO10. The summed E-state index contributed by atoms with van der Waals surface area (Å²) < 4.78 is 17.7. The van der Waals surface area contributed by atoms with Crippen LogP contribution in [0.5, 0.6) is 0 Å². The number of esters is 1. The molecule has 1 aliphatic rings. The summed E-state index contributed by atoms with van der Waals surface area (Å²) in [6, 6.07) is -1.03. The van der Waals surface area contributed by atoms with Gasteiger partial charge in [0.25, 0.3) is 0 Å². The molecule has 6 N–H and O–H groups in total. The zero-order valence-electron chi connectivity index (χ0n) is 55.7. The second-order valence-corrected chi connectivity index (χ2v) is 25.0. The van der Waals surface area contributed by atoms with E-state index in [4.69, 9.17) is 14.2 Å². The highest BCUT2D eigenvalue weighted by molar-refractivity contribution is 5.80. The van der Waals surface area contributed by atoms with Gasteiger partial charge in [-0.1, -0.05) is 299 Å². The Hall–Kier alpha value is -2.90. The first-order valence-electron chi connectivity index (χ1n) is 36.2. The average Bonchev–Trinajstić information content (AvgIpc) is 3.68. The third-order valence-electron chi connectivity index (χ3n) is 16.8. The number of rotatable bonds is 62. The predicted octanol–water partition coefficient (Wildman–Crippen LogP) is 18.7. The van der Waals surface area contributed by atoms with Crippen LogP contribution in [-0.4, -0.2) is 99.6 Å². The number of amides is 1. The van der Waals surface area contributed by atoms with Gasteiger partial charge in [0.15, 0.2) is 12.4 Å². The maximum atomic E-state index is 13.5. The fourth-order valence-electron chi connectivity index (χ4n) is 11.1. The molecule has 11 heteroatoms. The van der Waals surface area contributed by atoms with Crippen molar-refractivity contribution in [2.24, 2.45) is 0 Å². The molecular weight excluding hydrogens is 1070 g/mol. The van der Waals surface area contributed by atoms with Gasteiger partial charge in [0.1, 0.15) is 24.4 Å². The second-order valence-electron chi connectivity index (χ2n) is 25.0. The van der Waals surface area contributed by atoms with Gasteiger partial charge in [-0.05, 0) is 96.3 Å². The maximum Gasteiger partial charge on any atom is 0.306 e. The van der Waals surface area contributed by atoms with Gasteiger partial charge in [0.05, 0.1) is 25.4 Å². The topological polar surface area (TPSA) is 175 Å². The standard InChI is InChI=1S/C75H135NO10/c1-4-7-10-13-16-19-22-25-27-29-31-32-33-34-35-36-37-39-40-42-44-47-50-53-56-59-62-68(79)74(83)76-66(67(78)61-58-55-52-49-46-24-21-18-15-12-9-6-3)65-84-75-73(72(82)71(81)69(64-77)85-75)86-70(80)63-60-57-54-51-48-45-43-41-38-30-28-26-23-20-17-14-11-8-5-2/h16,19,25-28,31-32,34-35,58,61,66-69,71-73,75,77-79,81-82H,4-15,17-18,20-24,29-30,33,36-57,59-60,62-65H2,1-3H3,(H,76,83)/b19-16-,27-25-,28-26+,32-31-,35-34-,61-58+. The van der Waals surface area contributed by atoms with E-state index in [0.29, 0.717) is 12.8 Å². The number of allylic oxidation sites excluding steroid dienone is 11. The van der Waals surface area contributed by atoms with Crippen molar-refractivity contribution in [1.29, 1.82) is 0 Å². The minimum Gasteiger partial charge on any atom is -0.454 e. The lowest BCUT2D eigenvalue weighted by Crippen LogP contribution is -2.61. The number of aliphatic hydroxyl groups excluding tert-OH is 5. The van der Waals surface area contributed by atoms with Gasteiger partial charge in [-0.25, -0.2) is 0 Å². The van der Waals surface area contributed by atoms with Crippen molar-refractivity contribution in [3.63, 3.8) is 0 Å². The van der Waals surface area contributed by atoms with E-state index in [9.17, 15) is 35.1 Å². The first kappa shape index (κ1) is 81.1. The largest absolute Gasteiger partial charge is 0.454 e. The Morgan fingerprint density at radius 3 is 1.23 bits per heavy atom. The van der Waals surface area contributed by atoms with E-state index >= 15 is 0 Å². The van der Waals surface area contributed by atoms with Crippen molar-refractivity contribution in [1.82, 2.24) is 5.32 Å². The Balaban J connectivity index is 2.57. The highest BCUT2D eigenvalue weighted by atomic mass is 16.7. The first-order chi connectivity index (χ1) is 42.2. The normalized spacial score (nSPS) is 18.7. The molecule has 1 rings (SSSR count).